The van der Waals surface area contributed by atoms with Gasteiger partial charge in [0.05, 0.1) is 13.1 Å². The largest absolute Gasteiger partial charge is 1.00 e. The number of aryl methyl sites for hydroxylation is 2. The standard InChI is InChI=1S/C9H18N3.ClH/c1-2-5-11-7-8-12(9-11)6-3-4-10;/h7-9H,2-6,10H2,1H3;1H/q+1;/p-1. The molecule has 0 aliphatic heterocycles. The van der Waals surface area contributed by atoms with Crippen LogP contribution in [0, 0.1) is 0 Å². The first-order valence-electron chi connectivity index (χ1n) is 4.61. The number of hydrogen-bond acceptors (Lipinski definition) is 1. The number of imidazole rings is 1. The lowest BCUT2D eigenvalue weighted by molar-refractivity contribution is -0.696. The van der Waals surface area contributed by atoms with E-state index in [1.165, 1.54) is 6.42 Å². The molecular weight excluding hydrogens is 186 g/mol. The molecule has 0 aliphatic rings. The van der Waals surface area contributed by atoms with Gasteiger partial charge in [-0.05, 0) is 19.4 Å². The van der Waals surface area contributed by atoms with Crippen LogP contribution in [0.5, 0.6) is 0 Å². The van der Waals surface area contributed by atoms with Crippen LogP contribution in [0.15, 0.2) is 18.7 Å². The van der Waals surface area contributed by atoms with Crippen LogP contribution in [0.4, 0.5) is 0 Å². The summed E-state index contributed by atoms with van der Waals surface area (Å²) >= 11 is 0. The Bertz CT molecular complexity index is 222. The molecule has 1 heterocycles. The third-order valence-corrected chi connectivity index (χ3v) is 1.85. The summed E-state index contributed by atoms with van der Waals surface area (Å²) in [6.45, 7) is 5.10. The molecule has 0 aromatic carbocycles. The van der Waals surface area contributed by atoms with Crippen LogP contribution in [-0.2, 0) is 13.1 Å². The average molecular weight is 204 g/mol. The van der Waals surface area contributed by atoms with Crippen molar-refractivity contribution in [1.82, 2.24) is 4.57 Å². The second-order valence-electron chi connectivity index (χ2n) is 3.03. The summed E-state index contributed by atoms with van der Waals surface area (Å²) in [7, 11) is 0. The lowest BCUT2D eigenvalue weighted by Gasteiger charge is -1.92. The number of halogens is 1. The van der Waals surface area contributed by atoms with Crippen molar-refractivity contribution in [1.29, 1.82) is 0 Å². The second kappa shape index (κ2) is 6.92. The first kappa shape index (κ1) is 12.5. The van der Waals surface area contributed by atoms with Crippen LogP contribution < -0.4 is 22.7 Å². The smallest absolute Gasteiger partial charge is 0.243 e. The zero-order valence-corrected chi connectivity index (χ0v) is 8.87. The van der Waals surface area contributed by atoms with Gasteiger partial charge in [0, 0.05) is 0 Å². The molecule has 1 rings (SSSR count). The molecule has 13 heavy (non-hydrogen) atoms. The summed E-state index contributed by atoms with van der Waals surface area (Å²) in [5.41, 5.74) is 5.42. The first-order valence-corrected chi connectivity index (χ1v) is 4.61. The highest BCUT2D eigenvalue weighted by atomic mass is 35.5. The van der Waals surface area contributed by atoms with Crippen LogP contribution in [0.1, 0.15) is 19.8 Å². The predicted molar refractivity (Wildman–Crippen MR) is 48.6 cm³/mol. The molecule has 0 amide bonds. The zero-order valence-electron chi connectivity index (χ0n) is 8.12. The predicted octanol–water partition coefficient (Wildman–Crippen LogP) is -2.46. The van der Waals surface area contributed by atoms with E-state index in [4.69, 9.17) is 5.73 Å². The van der Waals surface area contributed by atoms with Gasteiger partial charge in [-0.25, -0.2) is 9.13 Å². The lowest BCUT2D eigenvalue weighted by Crippen LogP contribution is -3.00. The molecule has 0 saturated carbocycles. The molecule has 1 aromatic heterocycles. The second-order valence-corrected chi connectivity index (χ2v) is 3.03. The Balaban J connectivity index is 0.00000144. The molecule has 0 spiro atoms. The molecule has 0 bridgehead atoms. The molecule has 0 fully saturated rings. The number of aromatic nitrogens is 2. The molecular formula is C9H18ClN3. The maximum absolute atomic E-state index is 5.42. The van der Waals surface area contributed by atoms with Gasteiger partial charge >= 0.3 is 0 Å². The normalized spacial score (nSPS) is 9.69. The highest BCUT2D eigenvalue weighted by Gasteiger charge is 2.00. The van der Waals surface area contributed by atoms with E-state index in [0.717, 1.165) is 26.1 Å². The first-order chi connectivity index (χ1) is 5.86. The van der Waals surface area contributed by atoms with Gasteiger partial charge in [-0.15, -0.1) is 0 Å². The van der Waals surface area contributed by atoms with Gasteiger partial charge in [0.15, 0.2) is 0 Å². The van der Waals surface area contributed by atoms with Crippen LogP contribution in [0.3, 0.4) is 0 Å². The molecule has 0 atom stereocenters. The maximum Gasteiger partial charge on any atom is 0.243 e. The van der Waals surface area contributed by atoms with Crippen molar-refractivity contribution in [2.45, 2.75) is 32.9 Å². The Kier molecular flexibility index (Phi) is 6.63. The van der Waals surface area contributed by atoms with Crippen molar-refractivity contribution in [3.63, 3.8) is 0 Å². The SMILES string of the molecule is CCC[n+]1ccn(CCCN)c1.[Cl-]. The minimum absolute atomic E-state index is 0. The quantitative estimate of drug-likeness (QED) is 0.530. The summed E-state index contributed by atoms with van der Waals surface area (Å²) in [6, 6.07) is 0. The van der Waals surface area contributed by atoms with Crippen molar-refractivity contribution in [3.05, 3.63) is 18.7 Å². The average Bonchev–Trinajstić information content (AvgIpc) is 2.50. The van der Waals surface area contributed by atoms with Crippen LogP contribution in [0.2, 0.25) is 0 Å². The topological polar surface area (TPSA) is 34.8 Å². The minimum atomic E-state index is 0. The van der Waals surface area contributed by atoms with Crippen molar-refractivity contribution >= 4 is 0 Å². The molecule has 0 radical (unpaired) electrons. The third kappa shape index (κ3) is 4.29. The molecule has 2 N–H and O–H groups in total. The van der Waals surface area contributed by atoms with E-state index in [0.29, 0.717) is 0 Å². The van der Waals surface area contributed by atoms with Gasteiger partial charge in [-0.1, -0.05) is 6.92 Å². The molecule has 0 saturated heterocycles. The van der Waals surface area contributed by atoms with Crippen molar-refractivity contribution in [2.75, 3.05) is 6.54 Å². The highest BCUT2D eigenvalue weighted by Crippen LogP contribution is 1.88. The fourth-order valence-electron chi connectivity index (χ4n) is 1.24. The summed E-state index contributed by atoms with van der Waals surface area (Å²) in [4.78, 5) is 0. The van der Waals surface area contributed by atoms with Gasteiger partial charge in [0.25, 0.3) is 0 Å². The van der Waals surface area contributed by atoms with E-state index < -0.39 is 0 Å². The van der Waals surface area contributed by atoms with Crippen molar-refractivity contribution < 1.29 is 17.0 Å². The van der Waals surface area contributed by atoms with E-state index in [9.17, 15) is 0 Å². The third-order valence-electron chi connectivity index (χ3n) is 1.85. The Morgan fingerprint density at radius 3 is 2.85 bits per heavy atom. The summed E-state index contributed by atoms with van der Waals surface area (Å²) < 4.78 is 4.39. The van der Waals surface area contributed by atoms with Gasteiger partial charge in [-0.3, -0.25) is 0 Å². The van der Waals surface area contributed by atoms with Gasteiger partial charge in [0.1, 0.15) is 12.4 Å². The number of nitrogens with zero attached hydrogens (tertiary/aromatic N) is 2. The summed E-state index contributed by atoms with van der Waals surface area (Å²) in [5.74, 6) is 0. The zero-order chi connectivity index (χ0) is 8.81. The Morgan fingerprint density at radius 1 is 1.46 bits per heavy atom. The Labute approximate surface area is 86.0 Å². The molecule has 0 aliphatic carbocycles. The summed E-state index contributed by atoms with van der Waals surface area (Å²) in [6.07, 6.45) is 8.59. The van der Waals surface area contributed by atoms with Crippen molar-refractivity contribution in [2.24, 2.45) is 5.73 Å². The maximum atomic E-state index is 5.42. The van der Waals surface area contributed by atoms with Gasteiger partial charge in [-0.2, -0.15) is 0 Å². The van der Waals surface area contributed by atoms with Gasteiger partial charge < -0.3 is 18.1 Å². The van der Waals surface area contributed by atoms with E-state index >= 15 is 0 Å². The monoisotopic (exact) mass is 203 g/mol. The number of nitrogens with two attached hydrogens (primary N) is 1. The van der Waals surface area contributed by atoms with Crippen LogP contribution in [-0.4, -0.2) is 11.1 Å². The highest BCUT2D eigenvalue weighted by molar-refractivity contribution is 4.65. The van der Waals surface area contributed by atoms with E-state index in [2.05, 4.69) is 34.8 Å². The van der Waals surface area contributed by atoms with E-state index in [1.807, 2.05) is 0 Å². The lowest BCUT2D eigenvalue weighted by atomic mass is 10.4. The van der Waals surface area contributed by atoms with Crippen LogP contribution >= 0.6 is 0 Å². The fourth-order valence-corrected chi connectivity index (χ4v) is 1.24. The molecule has 0 unspecified atom stereocenters. The molecule has 1 aromatic rings. The minimum Gasteiger partial charge on any atom is -1.00 e. The van der Waals surface area contributed by atoms with E-state index in [1.54, 1.807) is 0 Å². The van der Waals surface area contributed by atoms with E-state index in [-0.39, 0.29) is 12.4 Å². The number of hydrogen-bond donors (Lipinski definition) is 1. The van der Waals surface area contributed by atoms with Gasteiger partial charge in [0.2, 0.25) is 6.33 Å². The fraction of sp³-hybridized carbons (Fsp3) is 0.667. The molecule has 3 nitrogen and oxygen atoms in total. The van der Waals surface area contributed by atoms with Crippen molar-refractivity contribution in [3.8, 4) is 0 Å². The molecule has 76 valence electrons. The number of rotatable bonds is 5. The Hall–Kier alpha value is -0.540. The van der Waals surface area contributed by atoms with Crippen LogP contribution in [0.25, 0.3) is 0 Å². The Morgan fingerprint density at radius 2 is 2.23 bits per heavy atom. The summed E-state index contributed by atoms with van der Waals surface area (Å²) in [5, 5.41) is 0. The molecule has 4 heteroatoms.